The lowest BCUT2D eigenvalue weighted by molar-refractivity contribution is -0.140. The zero-order valence-corrected chi connectivity index (χ0v) is 15.7. The van der Waals surface area contributed by atoms with E-state index in [9.17, 15) is 14.4 Å². The van der Waals surface area contributed by atoms with Crippen LogP contribution in [0.1, 0.15) is 51.9 Å². The van der Waals surface area contributed by atoms with Crippen molar-refractivity contribution in [2.45, 2.75) is 63.5 Å². The van der Waals surface area contributed by atoms with Gasteiger partial charge in [0.25, 0.3) is 5.91 Å². The number of imide groups is 1. The minimum absolute atomic E-state index is 0. The summed E-state index contributed by atoms with van der Waals surface area (Å²) in [7, 11) is 0. The second-order valence-electron chi connectivity index (χ2n) is 7.18. The van der Waals surface area contributed by atoms with Gasteiger partial charge in [0.15, 0.2) is 0 Å². The van der Waals surface area contributed by atoms with Gasteiger partial charge in [0.2, 0.25) is 5.91 Å². The van der Waals surface area contributed by atoms with E-state index in [1.54, 1.807) is 0 Å². The number of rotatable bonds is 5. The Morgan fingerprint density at radius 3 is 2.48 bits per heavy atom. The molecule has 0 aromatic rings. The summed E-state index contributed by atoms with van der Waals surface area (Å²) in [5.41, 5.74) is -0.734. The van der Waals surface area contributed by atoms with Crippen LogP contribution in [0.5, 0.6) is 0 Å². The third-order valence-electron chi connectivity index (χ3n) is 5.53. The molecule has 4 amide bonds. The van der Waals surface area contributed by atoms with E-state index < -0.39 is 11.6 Å². The van der Waals surface area contributed by atoms with Crippen LogP contribution in [0.25, 0.3) is 0 Å². The summed E-state index contributed by atoms with van der Waals surface area (Å²) in [6, 6.07) is -0.197. The Labute approximate surface area is 155 Å². The van der Waals surface area contributed by atoms with Crippen molar-refractivity contribution in [1.82, 2.24) is 20.4 Å². The summed E-state index contributed by atoms with van der Waals surface area (Å²) < 4.78 is 0. The highest BCUT2D eigenvalue weighted by molar-refractivity contribution is 6.09. The number of amides is 4. The molecule has 0 bridgehead atoms. The lowest BCUT2D eigenvalue weighted by atomic mass is 9.98. The molecule has 0 aromatic heterocycles. The molecule has 0 aromatic carbocycles. The fourth-order valence-electron chi connectivity index (χ4n) is 4.23. The molecular formula is C17H29ClN4O3. The number of carbonyl (C=O) groups excluding carboxylic acids is 3. The van der Waals surface area contributed by atoms with Crippen molar-refractivity contribution in [3.63, 3.8) is 0 Å². The molecule has 3 aliphatic rings. The van der Waals surface area contributed by atoms with E-state index in [2.05, 4.69) is 10.6 Å². The largest absolute Gasteiger partial charge is 0.338 e. The summed E-state index contributed by atoms with van der Waals surface area (Å²) in [5.74, 6) is -0.317. The van der Waals surface area contributed by atoms with E-state index in [0.29, 0.717) is 19.4 Å². The molecule has 0 unspecified atom stereocenters. The summed E-state index contributed by atoms with van der Waals surface area (Å²) in [6.07, 6.45) is 6.01. The van der Waals surface area contributed by atoms with Crippen molar-refractivity contribution in [3.05, 3.63) is 0 Å². The van der Waals surface area contributed by atoms with Gasteiger partial charge in [-0.25, -0.2) is 4.79 Å². The fraction of sp³-hybridized carbons (Fsp3) is 0.824. The number of nitrogens with zero attached hydrogens (tertiary/aromatic N) is 2. The lowest BCUT2D eigenvalue weighted by Gasteiger charge is -2.35. The average molecular weight is 373 g/mol. The van der Waals surface area contributed by atoms with Gasteiger partial charge in [-0.05, 0) is 45.2 Å². The molecule has 3 rings (SSSR count). The predicted octanol–water partition coefficient (Wildman–Crippen LogP) is 1.26. The molecule has 1 saturated carbocycles. The van der Waals surface area contributed by atoms with Gasteiger partial charge < -0.3 is 15.5 Å². The maximum absolute atomic E-state index is 12.8. The quantitative estimate of drug-likeness (QED) is 0.712. The van der Waals surface area contributed by atoms with Crippen LogP contribution in [0.4, 0.5) is 4.79 Å². The first-order valence-corrected chi connectivity index (χ1v) is 9.22. The normalized spacial score (nSPS) is 22.8. The maximum atomic E-state index is 12.8. The van der Waals surface area contributed by atoms with Crippen LogP contribution in [0.3, 0.4) is 0 Å². The molecule has 2 saturated heterocycles. The Hall–Kier alpha value is -1.34. The van der Waals surface area contributed by atoms with E-state index in [1.807, 2.05) is 11.8 Å². The third kappa shape index (κ3) is 3.92. The van der Waals surface area contributed by atoms with E-state index in [0.717, 1.165) is 50.1 Å². The van der Waals surface area contributed by atoms with Gasteiger partial charge in [-0.1, -0.05) is 19.8 Å². The highest BCUT2D eigenvalue weighted by atomic mass is 35.5. The molecule has 2 heterocycles. The van der Waals surface area contributed by atoms with Gasteiger partial charge in [0, 0.05) is 12.6 Å². The number of halogens is 1. The smallest absolute Gasteiger partial charge is 0.325 e. The lowest BCUT2D eigenvalue weighted by Crippen LogP contribution is -2.51. The molecule has 7 nitrogen and oxygen atoms in total. The fourth-order valence-corrected chi connectivity index (χ4v) is 4.23. The molecule has 1 spiro atoms. The summed E-state index contributed by atoms with van der Waals surface area (Å²) in [5, 5.41) is 6.15. The average Bonchev–Trinajstić information content (AvgIpc) is 3.14. The van der Waals surface area contributed by atoms with Crippen LogP contribution < -0.4 is 10.6 Å². The molecule has 3 fully saturated rings. The van der Waals surface area contributed by atoms with E-state index in [-0.39, 0.29) is 36.8 Å². The molecule has 142 valence electrons. The van der Waals surface area contributed by atoms with Crippen molar-refractivity contribution in [1.29, 1.82) is 0 Å². The monoisotopic (exact) mass is 372 g/mol. The van der Waals surface area contributed by atoms with Crippen LogP contribution in [-0.2, 0) is 9.59 Å². The first-order valence-electron chi connectivity index (χ1n) is 9.22. The molecule has 0 atom stereocenters. The van der Waals surface area contributed by atoms with Crippen molar-refractivity contribution in [3.8, 4) is 0 Å². The van der Waals surface area contributed by atoms with E-state index in [4.69, 9.17) is 0 Å². The standard InChI is InChI=1S/C17H28N4O3.ClH/c1-2-11-20(13-5-9-18-10-6-13)14(22)12-21-15(23)17(19-16(21)24)7-3-4-8-17;/h13,18H,2-12H2,1H3,(H,19,24);1H. The molecule has 25 heavy (non-hydrogen) atoms. The Morgan fingerprint density at radius 1 is 1.24 bits per heavy atom. The van der Waals surface area contributed by atoms with Crippen LogP contribution in [0.15, 0.2) is 0 Å². The minimum atomic E-state index is -0.734. The minimum Gasteiger partial charge on any atom is -0.338 e. The first-order chi connectivity index (χ1) is 11.6. The number of nitrogens with one attached hydrogen (secondary N) is 2. The SMILES string of the molecule is CCCN(C(=O)CN1C(=O)NC2(CCCC2)C1=O)C1CCNCC1.Cl. The number of carbonyl (C=O) groups is 3. The Balaban J connectivity index is 0.00000225. The maximum Gasteiger partial charge on any atom is 0.325 e. The second-order valence-corrected chi connectivity index (χ2v) is 7.18. The van der Waals surface area contributed by atoms with E-state index >= 15 is 0 Å². The zero-order valence-electron chi connectivity index (χ0n) is 14.9. The second kappa shape index (κ2) is 8.36. The molecule has 2 N–H and O–H groups in total. The van der Waals surface area contributed by atoms with Gasteiger partial charge in [0.1, 0.15) is 12.1 Å². The highest BCUT2D eigenvalue weighted by Gasteiger charge is 2.53. The van der Waals surface area contributed by atoms with Crippen LogP contribution >= 0.6 is 12.4 Å². The Bertz CT molecular complexity index is 516. The van der Waals surface area contributed by atoms with Gasteiger partial charge in [-0.3, -0.25) is 14.5 Å². The van der Waals surface area contributed by atoms with Gasteiger partial charge >= 0.3 is 6.03 Å². The molecule has 8 heteroatoms. The molecular weight excluding hydrogens is 344 g/mol. The van der Waals surface area contributed by atoms with E-state index in [1.165, 1.54) is 0 Å². The van der Waals surface area contributed by atoms with Gasteiger partial charge in [-0.2, -0.15) is 0 Å². The van der Waals surface area contributed by atoms with Crippen molar-refractivity contribution >= 4 is 30.3 Å². The van der Waals surface area contributed by atoms with Crippen molar-refractivity contribution in [2.24, 2.45) is 0 Å². The van der Waals surface area contributed by atoms with Crippen LogP contribution in [0.2, 0.25) is 0 Å². The third-order valence-corrected chi connectivity index (χ3v) is 5.53. The summed E-state index contributed by atoms with van der Waals surface area (Å²) in [6.45, 7) is 4.41. The van der Waals surface area contributed by atoms with Gasteiger partial charge in [0.05, 0.1) is 0 Å². The molecule has 2 aliphatic heterocycles. The number of hydrogen-bond acceptors (Lipinski definition) is 4. The summed E-state index contributed by atoms with van der Waals surface area (Å²) in [4.78, 5) is 40.8. The first kappa shape index (κ1) is 20.0. The molecule has 1 aliphatic carbocycles. The number of urea groups is 1. The highest BCUT2D eigenvalue weighted by Crippen LogP contribution is 2.35. The van der Waals surface area contributed by atoms with Crippen molar-refractivity contribution < 1.29 is 14.4 Å². The zero-order chi connectivity index (χ0) is 17.2. The Morgan fingerprint density at radius 2 is 1.88 bits per heavy atom. The van der Waals surface area contributed by atoms with Crippen LogP contribution in [0, 0.1) is 0 Å². The van der Waals surface area contributed by atoms with Crippen LogP contribution in [-0.4, -0.2) is 65.4 Å². The Kier molecular flexibility index (Phi) is 6.68. The summed E-state index contributed by atoms with van der Waals surface area (Å²) >= 11 is 0. The topological polar surface area (TPSA) is 81.8 Å². The molecule has 0 radical (unpaired) electrons. The predicted molar refractivity (Wildman–Crippen MR) is 96.6 cm³/mol. The van der Waals surface area contributed by atoms with Gasteiger partial charge in [-0.15, -0.1) is 12.4 Å². The number of piperidine rings is 1. The number of hydrogen-bond donors (Lipinski definition) is 2. The van der Waals surface area contributed by atoms with Crippen molar-refractivity contribution in [2.75, 3.05) is 26.2 Å².